The van der Waals surface area contributed by atoms with Gasteiger partial charge >= 0.3 is 29.6 Å². The van der Waals surface area contributed by atoms with Crippen molar-refractivity contribution < 1.29 is 47.6 Å². The third kappa shape index (κ3) is 3.12. The van der Waals surface area contributed by atoms with E-state index in [1.54, 1.807) is 12.1 Å². The van der Waals surface area contributed by atoms with E-state index >= 15 is 0 Å². The first-order valence-corrected chi connectivity index (χ1v) is 7.10. The number of nitrogens with one attached hydrogen (secondary N) is 1. The molecule has 0 aliphatic carbocycles. The summed E-state index contributed by atoms with van der Waals surface area (Å²) in [6.07, 6.45) is 0. The zero-order chi connectivity index (χ0) is 14.3. The fraction of sp³-hybridized carbons (Fsp3) is 0. The molecule has 0 saturated carbocycles. The molecule has 8 heteroatoms. The van der Waals surface area contributed by atoms with E-state index < -0.39 is 15.0 Å². The topological polar surface area (TPSA) is 106 Å². The van der Waals surface area contributed by atoms with E-state index in [0.717, 1.165) is 23.7 Å². The van der Waals surface area contributed by atoms with Crippen molar-refractivity contribution in [3.05, 3.63) is 42.5 Å². The molecule has 0 aliphatic heterocycles. The van der Waals surface area contributed by atoms with Crippen LogP contribution in [0, 0.1) is 0 Å². The van der Waals surface area contributed by atoms with Crippen molar-refractivity contribution in [2.24, 2.45) is 0 Å². The maximum Gasteiger partial charge on any atom is 1.00 e. The molecule has 0 saturated heterocycles. The molecule has 3 rings (SSSR count). The molecule has 0 spiro atoms. The van der Waals surface area contributed by atoms with Crippen LogP contribution in [0.5, 0.6) is 5.75 Å². The van der Waals surface area contributed by atoms with Crippen molar-refractivity contribution in [2.75, 3.05) is 0 Å². The Morgan fingerprint density at radius 3 is 2.52 bits per heavy atom. The molecule has 0 atom stereocenters. The SMILES string of the molecule is O=S(=O)([O-])c1ccc(O)c(-c2nc3ccccc3[nH]2)c1.[Na+]. The van der Waals surface area contributed by atoms with Crippen LogP contribution in [0.1, 0.15) is 0 Å². The van der Waals surface area contributed by atoms with Crippen molar-refractivity contribution in [3.8, 4) is 17.1 Å². The maximum atomic E-state index is 11.0. The number of para-hydroxylation sites is 2. The van der Waals surface area contributed by atoms with E-state index in [4.69, 9.17) is 0 Å². The van der Waals surface area contributed by atoms with Crippen molar-refractivity contribution >= 4 is 21.2 Å². The summed E-state index contributed by atoms with van der Waals surface area (Å²) in [7, 11) is -4.58. The summed E-state index contributed by atoms with van der Waals surface area (Å²) in [6, 6.07) is 10.5. The zero-order valence-electron chi connectivity index (χ0n) is 11.1. The number of hydrogen-bond acceptors (Lipinski definition) is 5. The molecule has 0 amide bonds. The monoisotopic (exact) mass is 312 g/mol. The normalized spacial score (nSPS) is 11.3. The van der Waals surface area contributed by atoms with Crippen molar-refractivity contribution in [1.82, 2.24) is 9.97 Å². The van der Waals surface area contributed by atoms with Gasteiger partial charge in [-0.2, -0.15) is 0 Å². The minimum Gasteiger partial charge on any atom is -0.744 e. The van der Waals surface area contributed by atoms with Crippen LogP contribution in [0.15, 0.2) is 47.4 Å². The van der Waals surface area contributed by atoms with Crippen LogP contribution >= 0.6 is 0 Å². The van der Waals surface area contributed by atoms with Crippen LogP contribution in [0.4, 0.5) is 0 Å². The van der Waals surface area contributed by atoms with Gasteiger partial charge in [0.1, 0.15) is 21.7 Å². The van der Waals surface area contributed by atoms with Gasteiger partial charge < -0.3 is 14.6 Å². The standard InChI is InChI=1S/C13H10N2O4S.Na/c16-12-6-5-8(20(17,18)19)7-9(12)13-14-10-3-1-2-4-11(10)15-13;/h1-7,16H,(H,14,15)(H,17,18,19);/q;+1/p-1. The summed E-state index contributed by atoms with van der Waals surface area (Å²) in [6.45, 7) is 0. The quantitative estimate of drug-likeness (QED) is 0.459. The number of fused-ring (bicyclic) bond motifs is 1. The first kappa shape index (κ1) is 16.0. The number of aromatic hydroxyl groups is 1. The maximum absolute atomic E-state index is 11.0. The summed E-state index contributed by atoms with van der Waals surface area (Å²) in [5.74, 6) is 0.144. The average molecular weight is 312 g/mol. The number of aromatic nitrogens is 2. The van der Waals surface area contributed by atoms with Crippen LogP contribution in [-0.4, -0.2) is 28.0 Å². The second kappa shape index (κ2) is 5.78. The molecule has 21 heavy (non-hydrogen) atoms. The number of hydrogen-bond donors (Lipinski definition) is 2. The van der Waals surface area contributed by atoms with Gasteiger partial charge in [-0.3, -0.25) is 0 Å². The Morgan fingerprint density at radius 1 is 1.14 bits per heavy atom. The fourth-order valence-corrected chi connectivity index (χ4v) is 2.44. The molecule has 6 nitrogen and oxygen atoms in total. The van der Waals surface area contributed by atoms with Gasteiger partial charge in [-0.1, -0.05) is 12.1 Å². The molecule has 0 radical (unpaired) electrons. The molecule has 102 valence electrons. The summed E-state index contributed by atoms with van der Waals surface area (Å²) in [4.78, 5) is 6.81. The van der Waals surface area contributed by atoms with Crippen molar-refractivity contribution in [1.29, 1.82) is 0 Å². The minimum absolute atomic E-state index is 0. The molecular formula is C13H9N2NaO4S. The molecule has 2 N–H and O–H groups in total. The Bertz CT molecular complexity index is 872. The number of phenolic OH excluding ortho intramolecular Hbond substituents is 1. The predicted molar refractivity (Wildman–Crippen MR) is 71.2 cm³/mol. The molecule has 1 aromatic heterocycles. The van der Waals surface area contributed by atoms with E-state index in [1.807, 2.05) is 12.1 Å². The average Bonchev–Trinajstić information content (AvgIpc) is 2.81. The van der Waals surface area contributed by atoms with Gasteiger partial charge in [0.2, 0.25) is 0 Å². The first-order valence-electron chi connectivity index (χ1n) is 5.69. The summed E-state index contributed by atoms with van der Waals surface area (Å²) >= 11 is 0. The Labute approximate surface area is 142 Å². The van der Waals surface area contributed by atoms with Crippen LogP contribution in [0.2, 0.25) is 0 Å². The van der Waals surface area contributed by atoms with Gasteiger partial charge in [0.25, 0.3) is 0 Å². The Morgan fingerprint density at radius 2 is 1.86 bits per heavy atom. The number of imidazole rings is 1. The second-order valence-electron chi connectivity index (χ2n) is 4.24. The predicted octanol–water partition coefficient (Wildman–Crippen LogP) is -1.16. The Kier molecular flexibility index (Phi) is 4.40. The number of phenols is 1. The number of aromatic amines is 1. The fourth-order valence-electron chi connectivity index (χ4n) is 1.94. The molecule has 0 aliphatic rings. The third-order valence-electron chi connectivity index (χ3n) is 2.90. The van der Waals surface area contributed by atoms with Crippen LogP contribution < -0.4 is 29.6 Å². The molecule has 3 aromatic rings. The Hall–Kier alpha value is -1.38. The van der Waals surface area contributed by atoms with Gasteiger partial charge in [0, 0.05) is 0 Å². The van der Waals surface area contributed by atoms with Crippen LogP contribution in [-0.2, 0) is 10.1 Å². The van der Waals surface area contributed by atoms with E-state index in [2.05, 4.69) is 9.97 Å². The van der Waals surface area contributed by atoms with Crippen LogP contribution in [0.3, 0.4) is 0 Å². The van der Waals surface area contributed by atoms with Crippen LogP contribution in [0.25, 0.3) is 22.4 Å². The molecule has 0 unspecified atom stereocenters. The smallest absolute Gasteiger partial charge is 0.744 e. The largest absolute Gasteiger partial charge is 1.00 e. The van der Waals surface area contributed by atoms with Gasteiger partial charge in [-0.15, -0.1) is 0 Å². The van der Waals surface area contributed by atoms with Gasteiger partial charge in [0.15, 0.2) is 0 Å². The first-order chi connectivity index (χ1) is 9.45. The van der Waals surface area contributed by atoms with E-state index in [1.165, 1.54) is 0 Å². The second-order valence-corrected chi connectivity index (χ2v) is 5.62. The molecule has 0 bridgehead atoms. The van der Waals surface area contributed by atoms with Gasteiger partial charge in [0.05, 0.1) is 21.5 Å². The van der Waals surface area contributed by atoms with E-state index in [-0.39, 0.29) is 40.9 Å². The molecule has 1 heterocycles. The van der Waals surface area contributed by atoms with Crippen molar-refractivity contribution in [2.45, 2.75) is 4.90 Å². The number of H-pyrrole nitrogens is 1. The number of benzene rings is 2. The van der Waals surface area contributed by atoms with Crippen molar-refractivity contribution in [3.63, 3.8) is 0 Å². The summed E-state index contributed by atoms with van der Waals surface area (Å²) < 4.78 is 33.1. The number of nitrogens with zero attached hydrogens (tertiary/aromatic N) is 1. The molecular weight excluding hydrogens is 303 g/mol. The molecule has 0 fully saturated rings. The van der Waals surface area contributed by atoms with E-state index in [9.17, 15) is 18.1 Å². The summed E-state index contributed by atoms with van der Waals surface area (Å²) in [5, 5.41) is 9.82. The van der Waals surface area contributed by atoms with Gasteiger partial charge in [-0.25, -0.2) is 13.4 Å². The molecule has 2 aromatic carbocycles. The Balaban J connectivity index is 0.00000161. The minimum atomic E-state index is -4.58. The third-order valence-corrected chi connectivity index (χ3v) is 3.73. The number of rotatable bonds is 2. The van der Waals surface area contributed by atoms with Gasteiger partial charge in [-0.05, 0) is 30.3 Å². The zero-order valence-corrected chi connectivity index (χ0v) is 13.9. The van der Waals surface area contributed by atoms with E-state index in [0.29, 0.717) is 11.3 Å². The summed E-state index contributed by atoms with van der Waals surface area (Å²) in [5.41, 5.74) is 1.59.